The SMILES string of the molecule is CCCCCCCC(=O)N(C)CC#N. The largest absolute Gasteiger partial charge is 0.332 e. The van der Waals surface area contributed by atoms with E-state index >= 15 is 0 Å². The second-order valence-corrected chi connectivity index (χ2v) is 3.57. The number of hydrogen-bond acceptors (Lipinski definition) is 2. The second kappa shape index (κ2) is 8.55. The van der Waals surface area contributed by atoms with Crippen LogP contribution in [-0.4, -0.2) is 24.4 Å². The normalized spacial score (nSPS) is 9.50. The van der Waals surface area contributed by atoms with Crippen molar-refractivity contribution in [2.45, 2.75) is 45.4 Å². The molecule has 0 aliphatic heterocycles. The molecule has 80 valence electrons. The predicted molar refractivity (Wildman–Crippen MR) is 56.6 cm³/mol. The van der Waals surface area contributed by atoms with Crippen LogP contribution in [-0.2, 0) is 4.79 Å². The summed E-state index contributed by atoms with van der Waals surface area (Å²) < 4.78 is 0. The molecule has 0 N–H and O–H groups in total. The van der Waals surface area contributed by atoms with Crippen LogP contribution >= 0.6 is 0 Å². The van der Waals surface area contributed by atoms with Gasteiger partial charge in [-0.3, -0.25) is 4.79 Å². The number of hydrogen-bond donors (Lipinski definition) is 0. The van der Waals surface area contributed by atoms with Crippen LogP contribution in [0.2, 0.25) is 0 Å². The van der Waals surface area contributed by atoms with Gasteiger partial charge in [-0.1, -0.05) is 32.6 Å². The maximum Gasteiger partial charge on any atom is 0.223 e. The molecule has 0 atom stereocenters. The molecule has 0 aromatic heterocycles. The van der Waals surface area contributed by atoms with Crippen molar-refractivity contribution < 1.29 is 4.79 Å². The summed E-state index contributed by atoms with van der Waals surface area (Å²) in [6, 6.07) is 1.96. The zero-order valence-electron chi connectivity index (χ0n) is 9.25. The molecule has 3 heteroatoms. The Bertz CT molecular complexity index is 196. The van der Waals surface area contributed by atoms with Gasteiger partial charge in [0.25, 0.3) is 0 Å². The van der Waals surface area contributed by atoms with Crippen LogP contribution in [0.25, 0.3) is 0 Å². The molecular formula is C11H20N2O. The van der Waals surface area contributed by atoms with Gasteiger partial charge in [-0.15, -0.1) is 0 Å². The quantitative estimate of drug-likeness (QED) is 0.463. The molecular weight excluding hydrogens is 176 g/mol. The van der Waals surface area contributed by atoms with Crippen LogP contribution in [0.4, 0.5) is 0 Å². The first kappa shape index (κ1) is 13.0. The van der Waals surface area contributed by atoms with Gasteiger partial charge in [0, 0.05) is 13.5 Å². The first-order valence-electron chi connectivity index (χ1n) is 5.33. The Morgan fingerprint density at radius 1 is 1.29 bits per heavy atom. The Morgan fingerprint density at radius 2 is 1.93 bits per heavy atom. The van der Waals surface area contributed by atoms with E-state index in [0.717, 1.165) is 12.8 Å². The van der Waals surface area contributed by atoms with Crippen molar-refractivity contribution >= 4 is 5.91 Å². The number of carbonyl (C=O) groups is 1. The first-order chi connectivity index (χ1) is 6.72. The minimum atomic E-state index is 0.0862. The average molecular weight is 196 g/mol. The fraction of sp³-hybridized carbons (Fsp3) is 0.818. The highest BCUT2D eigenvalue weighted by molar-refractivity contribution is 5.75. The van der Waals surface area contributed by atoms with E-state index in [1.54, 1.807) is 7.05 Å². The van der Waals surface area contributed by atoms with Crippen LogP contribution in [0.5, 0.6) is 0 Å². The van der Waals surface area contributed by atoms with E-state index in [0.29, 0.717) is 6.42 Å². The summed E-state index contributed by atoms with van der Waals surface area (Å²) in [6.07, 6.45) is 6.35. The monoisotopic (exact) mass is 196 g/mol. The fourth-order valence-corrected chi connectivity index (χ4v) is 1.26. The summed E-state index contributed by atoms with van der Waals surface area (Å²) in [5.74, 6) is 0.0862. The lowest BCUT2D eigenvalue weighted by atomic mass is 10.1. The lowest BCUT2D eigenvalue weighted by Gasteiger charge is -2.12. The summed E-state index contributed by atoms with van der Waals surface area (Å²) in [6.45, 7) is 2.37. The molecule has 0 aliphatic carbocycles. The summed E-state index contributed by atoms with van der Waals surface area (Å²) in [5, 5.41) is 8.38. The second-order valence-electron chi connectivity index (χ2n) is 3.57. The highest BCUT2D eigenvalue weighted by atomic mass is 16.2. The predicted octanol–water partition coefficient (Wildman–Crippen LogP) is 2.33. The van der Waals surface area contributed by atoms with Gasteiger partial charge in [-0.2, -0.15) is 5.26 Å². The lowest BCUT2D eigenvalue weighted by Crippen LogP contribution is -2.26. The van der Waals surface area contributed by atoms with E-state index in [4.69, 9.17) is 5.26 Å². The fourth-order valence-electron chi connectivity index (χ4n) is 1.26. The van der Waals surface area contributed by atoms with E-state index in [1.165, 1.54) is 24.2 Å². The van der Waals surface area contributed by atoms with Crippen LogP contribution in [0.1, 0.15) is 45.4 Å². The Balaban J connectivity index is 3.40. The van der Waals surface area contributed by atoms with E-state index in [9.17, 15) is 4.79 Å². The van der Waals surface area contributed by atoms with Crippen LogP contribution in [0, 0.1) is 11.3 Å². The molecule has 0 heterocycles. The Hall–Kier alpha value is -1.04. The van der Waals surface area contributed by atoms with Crippen molar-refractivity contribution in [1.29, 1.82) is 5.26 Å². The molecule has 3 nitrogen and oxygen atoms in total. The molecule has 0 fully saturated rings. The number of amides is 1. The van der Waals surface area contributed by atoms with Gasteiger partial charge in [0.05, 0.1) is 6.07 Å². The smallest absolute Gasteiger partial charge is 0.223 e. The molecule has 0 saturated heterocycles. The standard InChI is InChI=1S/C11H20N2O/c1-3-4-5-6-7-8-11(14)13(2)10-9-12/h3-8,10H2,1-2H3. The topological polar surface area (TPSA) is 44.1 Å². The van der Waals surface area contributed by atoms with E-state index in [-0.39, 0.29) is 12.5 Å². The third kappa shape index (κ3) is 6.47. The summed E-state index contributed by atoms with van der Waals surface area (Å²) in [4.78, 5) is 12.8. The summed E-state index contributed by atoms with van der Waals surface area (Å²) >= 11 is 0. The molecule has 0 radical (unpaired) electrons. The van der Waals surface area contributed by atoms with Gasteiger partial charge in [-0.05, 0) is 6.42 Å². The molecule has 1 amide bonds. The number of nitrogens with zero attached hydrogens (tertiary/aromatic N) is 2. The van der Waals surface area contributed by atoms with Gasteiger partial charge >= 0.3 is 0 Å². The highest BCUT2D eigenvalue weighted by Gasteiger charge is 2.06. The van der Waals surface area contributed by atoms with Crippen molar-refractivity contribution in [3.05, 3.63) is 0 Å². The van der Waals surface area contributed by atoms with Crippen molar-refractivity contribution in [3.63, 3.8) is 0 Å². The van der Waals surface area contributed by atoms with Gasteiger partial charge < -0.3 is 4.90 Å². The number of nitriles is 1. The lowest BCUT2D eigenvalue weighted by molar-refractivity contribution is -0.129. The molecule has 0 aliphatic rings. The molecule has 14 heavy (non-hydrogen) atoms. The van der Waals surface area contributed by atoms with Gasteiger partial charge in [0.15, 0.2) is 0 Å². The third-order valence-electron chi connectivity index (χ3n) is 2.23. The molecule has 0 spiro atoms. The molecule has 0 rings (SSSR count). The first-order valence-corrected chi connectivity index (χ1v) is 5.33. The van der Waals surface area contributed by atoms with E-state index < -0.39 is 0 Å². The Morgan fingerprint density at radius 3 is 2.50 bits per heavy atom. The Labute approximate surface area is 86.7 Å². The number of carbonyl (C=O) groups excluding carboxylic acids is 1. The van der Waals surface area contributed by atoms with Crippen molar-refractivity contribution in [1.82, 2.24) is 4.90 Å². The minimum Gasteiger partial charge on any atom is -0.332 e. The maximum atomic E-state index is 11.3. The number of unbranched alkanes of at least 4 members (excludes halogenated alkanes) is 4. The van der Waals surface area contributed by atoms with E-state index in [2.05, 4.69) is 6.92 Å². The van der Waals surface area contributed by atoms with E-state index in [1.807, 2.05) is 6.07 Å². The maximum absolute atomic E-state index is 11.3. The van der Waals surface area contributed by atoms with Crippen LogP contribution in [0.3, 0.4) is 0 Å². The van der Waals surface area contributed by atoms with Crippen LogP contribution < -0.4 is 0 Å². The zero-order valence-corrected chi connectivity index (χ0v) is 9.25. The molecule has 0 bridgehead atoms. The average Bonchev–Trinajstić information content (AvgIpc) is 2.17. The third-order valence-corrected chi connectivity index (χ3v) is 2.23. The molecule has 0 unspecified atom stereocenters. The van der Waals surface area contributed by atoms with Crippen molar-refractivity contribution in [2.75, 3.05) is 13.6 Å². The Kier molecular flexibility index (Phi) is 7.92. The number of rotatable bonds is 7. The molecule has 0 aromatic rings. The summed E-state index contributed by atoms with van der Waals surface area (Å²) in [5.41, 5.74) is 0. The van der Waals surface area contributed by atoms with Gasteiger partial charge in [0.1, 0.15) is 6.54 Å². The van der Waals surface area contributed by atoms with Gasteiger partial charge in [-0.25, -0.2) is 0 Å². The zero-order chi connectivity index (χ0) is 10.8. The van der Waals surface area contributed by atoms with Crippen LogP contribution in [0.15, 0.2) is 0 Å². The van der Waals surface area contributed by atoms with Gasteiger partial charge in [0.2, 0.25) is 5.91 Å². The minimum absolute atomic E-state index is 0.0862. The van der Waals surface area contributed by atoms with Crippen molar-refractivity contribution in [2.24, 2.45) is 0 Å². The highest BCUT2D eigenvalue weighted by Crippen LogP contribution is 2.06. The molecule has 0 saturated carbocycles. The summed E-state index contributed by atoms with van der Waals surface area (Å²) in [7, 11) is 1.68. The molecule has 0 aromatic carbocycles. The van der Waals surface area contributed by atoms with Crippen molar-refractivity contribution in [3.8, 4) is 6.07 Å².